The number of hydrogen-bond donors (Lipinski definition) is 1. The van der Waals surface area contributed by atoms with Gasteiger partial charge in [-0.15, -0.1) is 0 Å². The lowest BCUT2D eigenvalue weighted by atomic mass is 10.0. The van der Waals surface area contributed by atoms with Gasteiger partial charge in [0.2, 0.25) is 0 Å². The van der Waals surface area contributed by atoms with Crippen LogP contribution < -0.4 is 5.73 Å². The Morgan fingerprint density at radius 3 is 2.76 bits per heavy atom. The van der Waals surface area contributed by atoms with E-state index >= 15 is 0 Å². The molecule has 0 saturated carbocycles. The summed E-state index contributed by atoms with van der Waals surface area (Å²) in [7, 11) is 0. The summed E-state index contributed by atoms with van der Waals surface area (Å²) < 4.78 is 16.6. The van der Waals surface area contributed by atoms with Crippen LogP contribution in [-0.2, 0) is 19.4 Å². The molecule has 1 aromatic carbocycles. The molecule has 0 amide bonds. The van der Waals surface area contributed by atoms with Gasteiger partial charge in [-0.05, 0) is 31.5 Å². The van der Waals surface area contributed by atoms with E-state index in [1.165, 1.54) is 6.07 Å². The number of nitrogens with zero attached hydrogens (tertiary/aromatic N) is 2. The van der Waals surface area contributed by atoms with Gasteiger partial charge in [-0.25, -0.2) is 4.39 Å². The van der Waals surface area contributed by atoms with Gasteiger partial charge in [0.25, 0.3) is 0 Å². The largest absolute Gasteiger partial charge is 0.324 e. The van der Waals surface area contributed by atoms with Gasteiger partial charge in [-0.1, -0.05) is 34.5 Å². The predicted molar refractivity (Wildman–Crippen MR) is 87.0 cm³/mol. The van der Waals surface area contributed by atoms with E-state index in [4.69, 9.17) is 17.3 Å². The summed E-state index contributed by atoms with van der Waals surface area (Å²) in [5.74, 6) is -0.305. The highest BCUT2D eigenvalue weighted by Crippen LogP contribution is 2.28. The Bertz CT molecular complexity index is 642. The average Bonchev–Trinajstić information content (AvgIpc) is 2.77. The summed E-state index contributed by atoms with van der Waals surface area (Å²) in [5, 5.41) is 5.10. The number of benzene rings is 1. The molecule has 1 heterocycles. The molecule has 114 valence electrons. The first-order valence-electron chi connectivity index (χ1n) is 6.92. The van der Waals surface area contributed by atoms with E-state index in [0.29, 0.717) is 23.6 Å². The minimum absolute atomic E-state index is 0.305. The molecule has 2 aromatic rings. The standard InChI is InChI=1S/C15H18BrClFN3/c1-3-13-15(17)14(21(4-2)20-13)8-12(19)10-7-9(16)5-6-11(10)18/h5-7,12H,3-4,8,19H2,1-2H3. The van der Waals surface area contributed by atoms with Crippen molar-refractivity contribution in [1.82, 2.24) is 9.78 Å². The SMILES string of the molecule is CCc1nn(CC)c(CC(N)c2cc(Br)ccc2F)c1Cl. The van der Waals surface area contributed by atoms with E-state index in [2.05, 4.69) is 21.0 Å². The zero-order valence-corrected chi connectivity index (χ0v) is 14.4. The lowest BCUT2D eigenvalue weighted by Gasteiger charge is -2.14. The quantitative estimate of drug-likeness (QED) is 0.849. The molecule has 1 aromatic heterocycles. The molecule has 3 nitrogen and oxygen atoms in total. The average molecular weight is 375 g/mol. The maximum atomic E-state index is 13.9. The fraction of sp³-hybridized carbons (Fsp3) is 0.400. The first-order chi connectivity index (χ1) is 9.97. The molecule has 0 spiro atoms. The van der Waals surface area contributed by atoms with Gasteiger partial charge in [0.05, 0.1) is 16.4 Å². The molecule has 2 rings (SSSR count). The third-order valence-corrected chi connectivity index (χ3v) is 4.39. The van der Waals surface area contributed by atoms with E-state index in [0.717, 1.165) is 22.3 Å². The van der Waals surface area contributed by atoms with Crippen molar-refractivity contribution in [3.63, 3.8) is 0 Å². The second kappa shape index (κ2) is 6.90. The lowest BCUT2D eigenvalue weighted by Crippen LogP contribution is -2.17. The van der Waals surface area contributed by atoms with Gasteiger partial charge in [0.1, 0.15) is 5.82 Å². The number of aromatic nitrogens is 2. The van der Waals surface area contributed by atoms with Crippen LogP contribution in [0.1, 0.15) is 36.8 Å². The van der Waals surface area contributed by atoms with Crippen molar-refractivity contribution in [2.45, 2.75) is 39.3 Å². The summed E-state index contributed by atoms with van der Waals surface area (Å²) in [4.78, 5) is 0. The van der Waals surface area contributed by atoms with Gasteiger partial charge < -0.3 is 5.73 Å². The highest BCUT2D eigenvalue weighted by atomic mass is 79.9. The molecule has 0 aliphatic heterocycles. The zero-order chi connectivity index (χ0) is 15.6. The number of aryl methyl sites for hydroxylation is 2. The number of halogens is 3. The van der Waals surface area contributed by atoms with E-state index in [1.54, 1.807) is 12.1 Å². The Kier molecular flexibility index (Phi) is 5.41. The Morgan fingerprint density at radius 1 is 1.43 bits per heavy atom. The van der Waals surface area contributed by atoms with Crippen LogP contribution in [0, 0.1) is 5.82 Å². The summed E-state index contributed by atoms with van der Waals surface area (Å²) in [6, 6.07) is 4.31. The van der Waals surface area contributed by atoms with E-state index in [9.17, 15) is 4.39 Å². The van der Waals surface area contributed by atoms with E-state index in [-0.39, 0.29) is 5.82 Å². The zero-order valence-electron chi connectivity index (χ0n) is 12.0. The van der Waals surface area contributed by atoms with Gasteiger partial charge >= 0.3 is 0 Å². The fourth-order valence-corrected chi connectivity index (χ4v) is 3.05. The van der Waals surface area contributed by atoms with Crippen molar-refractivity contribution in [2.75, 3.05) is 0 Å². The predicted octanol–water partition coefficient (Wildman–Crippen LogP) is 4.26. The first-order valence-corrected chi connectivity index (χ1v) is 8.09. The summed E-state index contributed by atoms with van der Waals surface area (Å²) in [6.07, 6.45) is 1.21. The van der Waals surface area contributed by atoms with Crippen LogP contribution in [0.2, 0.25) is 5.02 Å². The molecule has 6 heteroatoms. The molecule has 0 bridgehead atoms. The third kappa shape index (κ3) is 3.47. The highest BCUT2D eigenvalue weighted by molar-refractivity contribution is 9.10. The van der Waals surface area contributed by atoms with Crippen LogP contribution in [-0.4, -0.2) is 9.78 Å². The normalized spacial score (nSPS) is 12.7. The molecule has 0 radical (unpaired) electrons. The molecule has 0 aliphatic carbocycles. The second-order valence-electron chi connectivity index (χ2n) is 4.85. The molecule has 1 atom stereocenters. The lowest BCUT2D eigenvalue weighted by molar-refractivity contribution is 0.554. The molecular formula is C15H18BrClFN3. The third-order valence-electron chi connectivity index (χ3n) is 3.46. The highest BCUT2D eigenvalue weighted by Gasteiger charge is 2.19. The van der Waals surface area contributed by atoms with Gasteiger partial charge in [0, 0.05) is 29.0 Å². The van der Waals surface area contributed by atoms with Crippen LogP contribution >= 0.6 is 27.5 Å². The van der Waals surface area contributed by atoms with Crippen molar-refractivity contribution < 1.29 is 4.39 Å². The Labute approximate surface area is 137 Å². The number of hydrogen-bond acceptors (Lipinski definition) is 2. The van der Waals surface area contributed by atoms with Crippen LogP contribution in [0.25, 0.3) is 0 Å². The van der Waals surface area contributed by atoms with Crippen LogP contribution in [0.5, 0.6) is 0 Å². The topological polar surface area (TPSA) is 43.8 Å². The van der Waals surface area contributed by atoms with Crippen molar-refractivity contribution in [3.05, 3.63) is 50.5 Å². The number of rotatable bonds is 5. The van der Waals surface area contributed by atoms with Crippen LogP contribution in [0.3, 0.4) is 0 Å². The minimum Gasteiger partial charge on any atom is -0.324 e. The minimum atomic E-state index is -0.466. The molecule has 21 heavy (non-hydrogen) atoms. The Morgan fingerprint density at radius 2 is 2.14 bits per heavy atom. The first kappa shape index (κ1) is 16.5. The van der Waals surface area contributed by atoms with E-state index < -0.39 is 6.04 Å². The molecule has 1 unspecified atom stereocenters. The van der Waals surface area contributed by atoms with Crippen molar-refractivity contribution in [2.24, 2.45) is 5.73 Å². The molecule has 2 N–H and O–H groups in total. The molecule has 0 aliphatic rings. The fourth-order valence-electron chi connectivity index (χ4n) is 2.33. The van der Waals surface area contributed by atoms with Crippen LogP contribution in [0.4, 0.5) is 4.39 Å². The Balaban J connectivity index is 2.33. The van der Waals surface area contributed by atoms with Gasteiger partial charge in [-0.2, -0.15) is 5.10 Å². The van der Waals surface area contributed by atoms with Gasteiger partial charge in [0.15, 0.2) is 0 Å². The smallest absolute Gasteiger partial charge is 0.128 e. The maximum absolute atomic E-state index is 13.9. The molecular weight excluding hydrogens is 357 g/mol. The molecule has 0 saturated heterocycles. The maximum Gasteiger partial charge on any atom is 0.128 e. The summed E-state index contributed by atoms with van der Waals surface area (Å²) in [5.41, 5.74) is 8.37. The summed E-state index contributed by atoms with van der Waals surface area (Å²) in [6.45, 7) is 4.71. The monoisotopic (exact) mass is 373 g/mol. The van der Waals surface area contributed by atoms with Gasteiger partial charge in [-0.3, -0.25) is 4.68 Å². The summed E-state index contributed by atoms with van der Waals surface area (Å²) >= 11 is 9.71. The molecule has 0 fully saturated rings. The van der Waals surface area contributed by atoms with Crippen molar-refractivity contribution >= 4 is 27.5 Å². The van der Waals surface area contributed by atoms with Crippen molar-refractivity contribution in [1.29, 1.82) is 0 Å². The van der Waals surface area contributed by atoms with Crippen molar-refractivity contribution in [3.8, 4) is 0 Å². The van der Waals surface area contributed by atoms with Crippen LogP contribution in [0.15, 0.2) is 22.7 Å². The number of nitrogens with two attached hydrogens (primary N) is 1. The van der Waals surface area contributed by atoms with E-state index in [1.807, 2.05) is 18.5 Å². The Hall–Kier alpha value is -0.910. The second-order valence-corrected chi connectivity index (χ2v) is 6.15.